The highest BCUT2D eigenvalue weighted by atomic mass is 35.5. The van der Waals surface area contributed by atoms with E-state index in [2.05, 4.69) is 4.98 Å². The molecule has 7 heteroatoms. The van der Waals surface area contributed by atoms with Crippen LogP contribution in [-0.2, 0) is 11.2 Å². The maximum Gasteiger partial charge on any atom is 0.317 e. The molecule has 0 N–H and O–H groups in total. The third kappa shape index (κ3) is 4.69. The van der Waals surface area contributed by atoms with Crippen molar-refractivity contribution < 1.29 is 9.53 Å². The maximum atomic E-state index is 12.2. The molecule has 1 aliphatic rings. The molecule has 138 valence electrons. The minimum atomic E-state index is -0.316. The number of nitrogens with zero attached hydrogens (tertiary/aromatic N) is 1. The molecule has 0 saturated carbocycles. The topological polar surface area (TPSA) is 39.2 Å². The summed E-state index contributed by atoms with van der Waals surface area (Å²) in [6.07, 6.45) is 0.136. The van der Waals surface area contributed by atoms with E-state index >= 15 is 0 Å². The zero-order valence-electron chi connectivity index (χ0n) is 14.3. The summed E-state index contributed by atoms with van der Waals surface area (Å²) in [6.45, 7) is 0. The first kappa shape index (κ1) is 18.9. The number of carbonyl (C=O) groups is 1. The molecule has 0 bridgehead atoms. The van der Waals surface area contributed by atoms with Crippen LogP contribution in [-0.4, -0.2) is 22.5 Å². The fraction of sp³-hybridized carbons (Fsp3) is 0.200. The van der Waals surface area contributed by atoms with Gasteiger partial charge in [0.1, 0.15) is 10.8 Å². The summed E-state index contributed by atoms with van der Waals surface area (Å²) in [6, 6.07) is 15.4. The molecule has 1 aromatic heterocycles. The predicted molar refractivity (Wildman–Crippen MR) is 116 cm³/mol. The van der Waals surface area contributed by atoms with Gasteiger partial charge in [-0.15, -0.1) is 34.9 Å². The van der Waals surface area contributed by atoms with Gasteiger partial charge in [-0.1, -0.05) is 41.9 Å². The molecule has 1 fully saturated rings. The molecule has 4 rings (SSSR count). The lowest BCUT2D eigenvalue weighted by atomic mass is 10.2. The van der Waals surface area contributed by atoms with Crippen molar-refractivity contribution >= 4 is 52.4 Å². The number of thioether (sulfide) groups is 2. The van der Waals surface area contributed by atoms with E-state index in [1.165, 1.54) is 28.4 Å². The van der Waals surface area contributed by atoms with E-state index in [0.717, 1.165) is 10.6 Å². The van der Waals surface area contributed by atoms with Crippen LogP contribution in [0.5, 0.6) is 5.75 Å². The molecule has 0 aliphatic carbocycles. The Bertz CT molecular complexity index is 936. The van der Waals surface area contributed by atoms with Gasteiger partial charge in [-0.2, -0.15) is 0 Å². The van der Waals surface area contributed by atoms with E-state index in [1.807, 2.05) is 77.4 Å². The zero-order valence-corrected chi connectivity index (χ0v) is 17.5. The summed E-state index contributed by atoms with van der Waals surface area (Å²) in [7, 11) is 0. The van der Waals surface area contributed by atoms with Crippen molar-refractivity contribution in [2.45, 2.75) is 11.0 Å². The molecule has 3 aromatic rings. The van der Waals surface area contributed by atoms with Gasteiger partial charge in [-0.3, -0.25) is 4.79 Å². The number of thiazole rings is 1. The number of carbonyl (C=O) groups excluding carboxylic acids is 1. The van der Waals surface area contributed by atoms with Gasteiger partial charge < -0.3 is 4.74 Å². The molecular weight excluding hydrogens is 418 g/mol. The molecule has 27 heavy (non-hydrogen) atoms. The van der Waals surface area contributed by atoms with Gasteiger partial charge in [0, 0.05) is 22.4 Å². The summed E-state index contributed by atoms with van der Waals surface area (Å²) in [4.78, 5) is 16.8. The van der Waals surface area contributed by atoms with E-state index < -0.39 is 0 Å². The highest BCUT2D eigenvalue weighted by Gasteiger charge is 2.18. The van der Waals surface area contributed by atoms with Gasteiger partial charge >= 0.3 is 5.97 Å². The largest absolute Gasteiger partial charge is 0.426 e. The molecule has 0 atom stereocenters. The molecule has 0 unspecified atom stereocenters. The van der Waals surface area contributed by atoms with Crippen LogP contribution in [0.4, 0.5) is 0 Å². The quantitative estimate of drug-likeness (QED) is 0.359. The summed E-state index contributed by atoms with van der Waals surface area (Å²) in [5.41, 5.74) is 2.84. The summed E-state index contributed by atoms with van der Waals surface area (Å²) < 4.78 is 5.95. The number of rotatable bonds is 5. The highest BCUT2D eigenvalue weighted by Crippen LogP contribution is 2.45. The fourth-order valence-corrected chi connectivity index (χ4v) is 6.71. The Morgan fingerprint density at radius 3 is 2.59 bits per heavy atom. The first-order chi connectivity index (χ1) is 13.2. The number of hydrogen-bond acceptors (Lipinski definition) is 6. The minimum absolute atomic E-state index is 0.136. The third-order valence-corrected chi connectivity index (χ3v) is 8.35. The Balaban J connectivity index is 1.37. The van der Waals surface area contributed by atoms with Crippen LogP contribution in [0.2, 0.25) is 5.02 Å². The normalized spacial score (nSPS) is 14.4. The van der Waals surface area contributed by atoms with Gasteiger partial charge in [0.2, 0.25) is 0 Å². The second kappa shape index (κ2) is 8.69. The minimum Gasteiger partial charge on any atom is -0.426 e. The Morgan fingerprint density at radius 1 is 1.11 bits per heavy atom. The zero-order chi connectivity index (χ0) is 18.6. The summed E-state index contributed by atoms with van der Waals surface area (Å²) in [5, 5.41) is 3.33. The van der Waals surface area contributed by atoms with E-state index in [9.17, 15) is 4.79 Å². The van der Waals surface area contributed by atoms with Crippen molar-refractivity contribution in [1.29, 1.82) is 0 Å². The molecular formula is C20H16ClNO2S3. The third-order valence-electron chi connectivity index (χ3n) is 3.99. The highest BCUT2D eigenvalue weighted by molar-refractivity contribution is 8.19. The van der Waals surface area contributed by atoms with Crippen LogP contribution in [0, 0.1) is 0 Å². The smallest absolute Gasteiger partial charge is 0.317 e. The van der Waals surface area contributed by atoms with Crippen LogP contribution in [0.25, 0.3) is 10.6 Å². The van der Waals surface area contributed by atoms with E-state index in [1.54, 1.807) is 0 Å². The second-order valence-electron chi connectivity index (χ2n) is 5.92. The average molecular weight is 434 g/mol. The summed E-state index contributed by atoms with van der Waals surface area (Å²) >= 11 is 11.6. The van der Waals surface area contributed by atoms with E-state index in [0.29, 0.717) is 21.0 Å². The molecule has 0 radical (unpaired) electrons. The van der Waals surface area contributed by atoms with E-state index in [4.69, 9.17) is 16.3 Å². The maximum absolute atomic E-state index is 12.2. The number of aromatic nitrogens is 1. The summed E-state index contributed by atoms with van der Waals surface area (Å²) in [5.74, 6) is 2.63. The lowest BCUT2D eigenvalue weighted by Crippen LogP contribution is -2.11. The molecule has 0 spiro atoms. The number of hydrogen-bond donors (Lipinski definition) is 0. The fourth-order valence-electron chi connectivity index (χ4n) is 2.71. The number of esters is 1. The Labute approximate surface area is 175 Å². The van der Waals surface area contributed by atoms with Crippen molar-refractivity contribution in [2.75, 3.05) is 11.5 Å². The Morgan fingerprint density at radius 2 is 1.85 bits per heavy atom. The van der Waals surface area contributed by atoms with Gasteiger partial charge in [0.05, 0.1) is 21.7 Å². The number of ether oxygens (including phenoxy) is 1. The van der Waals surface area contributed by atoms with Gasteiger partial charge in [-0.05, 0) is 23.8 Å². The van der Waals surface area contributed by atoms with Crippen LogP contribution >= 0.6 is 46.5 Å². The molecule has 2 aromatic carbocycles. The molecule has 2 heterocycles. The van der Waals surface area contributed by atoms with Crippen LogP contribution in [0.1, 0.15) is 15.8 Å². The van der Waals surface area contributed by atoms with Crippen molar-refractivity contribution in [3.8, 4) is 16.3 Å². The van der Waals surface area contributed by atoms with Gasteiger partial charge in [0.25, 0.3) is 0 Å². The standard InChI is InChI=1S/C20H16ClNO2S3/c21-17-4-2-1-3-16(17)19-22-14(12-27-19)11-18(23)24-15-7-5-13(6-8-15)20-25-9-10-26-20/h1-8,12,20H,9-11H2. The molecule has 1 saturated heterocycles. The number of halogens is 1. The first-order valence-corrected chi connectivity index (χ1v) is 11.8. The van der Waals surface area contributed by atoms with E-state index in [-0.39, 0.29) is 12.4 Å². The van der Waals surface area contributed by atoms with Crippen LogP contribution < -0.4 is 4.74 Å². The average Bonchev–Trinajstić information content (AvgIpc) is 3.35. The van der Waals surface area contributed by atoms with Crippen molar-refractivity contribution in [3.05, 3.63) is 70.2 Å². The lowest BCUT2D eigenvalue weighted by Gasteiger charge is -2.09. The first-order valence-electron chi connectivity index (χ1n) is 8.42. The van der Waals surface area contributed by atoms with Crippen molar-refractivity contribution in [2.24, 2.45) is 0 Å². The van der Waals surface area contributed by atoms with Crippen LogP contribution in [0.15, 0.2) is 53.9 Å². The molecule has 0 amide bonds. The molecule has 1 aliphatic heterocycles. The Hall–Kier alpha value is -1.47. The monoisotopic (exact) mass is 433 g/mol. The van der Waals surface area contributed by atoms with Crippen molar-refractivity contribution in [1.82, 2.24) is 4.98 Å². The Kier molecular flexibility index (Phi) is 6.08. The second-order valence-corrected chi connectivity index (χ2v) is 9.91. The van der Waals surface area contributed by atoms with Crippen molar-refractivity contribution in [3.63, 3.8) is 0 Å². The number of benzene rings is 2. The van der Waals surface area contributed by atoms with Gasteiger partial charge in [0.15, 0.2) is 0 Å². The lowest BCUT2D eigenvalue weighted by molar-refractivity contribution is -0.133. The van der Waals surface area contributed by atoms with Crippen LogP contribution in [0.3, 0.4) is 0 Å². The SMILES string of the molecule is O=C(Cc1csc(-c2ccccc2Cl)n1)Oc1ccc(C2SCCS2)cc1. The van der Waals surface area contributed by atoms with Gasteiger partial charge in [-0.25, -0.2) is 4.98 Å². The predicted octanol–water partition coefficient (Wildman–Crippen LogP) is 6.09. The molecule has 3 nitrogen and oxygen atoms in total.